The number of aliphatic imine (C=N–C) groups is 1. The quantitative estimate of drug-likeness (QED) is 0.814. The van der Waals surface area contributed by atoms with Gasteiger partial charge in [-0.25, -0.2) is 4.99 Å². The predicted octanol–water partition coefficient (Wildman–Crippen LogP) is 1.19. The lowest BCUT2D eigenvalue weighted by Gasteiger charge is -2.30. The van der Waals surface area contributed by atoms with Crippen LogP contribution in [0.3, 0.4) is 0 Å². The van der Waals surface area contributed by atoms with Crippen LogP contribution in [-0.2, 0) is 4.79 Å². The first-order valence-electron chi connectivity index (χ1n) is 5.82. The molecule has 19 heavy (non-hydrogen) atoms. The number of hydrogen-bond acceptors (Lipinski definition) is 3. The molecule has 2 unspecified atom stereocenters. The first kappa shape index (κ1) is 13.5. The molecule has 0 aliphatic carbocycles. The van der Waals surface area contributed by atoms with Gasteiger partial charge in [-0.3, -0.25) is 4.79 Å². The monoisotopic (exact) mass is 277 g/mol. The van der Waals surface area contributed by atoms with Gasteiger partial charge in [-0.2, -0.15) is 0 Å². The average molecular weight is 277 g/mol. The van der Waals surface area contributed by atoms with Gasteiger partial charge in [0.25, 0.3) is 0 Å². The summed E-state index contributed by atoms with van der Waals surface area (Å²) < 4.78 is 5.11. The number of rotatable bonds is 3. The van der Waals surface area contributed by atoms with Crippen LogP contribution in [0.15, 0.2) is 29.3 Å². The van der Waals surface area contributed by atoms with E-state index in [2.05, 4.69) is 10.3 Å². The highest BCUT2D eigenvalue weighted by atomic mass is 32.1. The summed E-state index contributed by atoms with van der Waals surface area (Å²) in [4.78, 5) is 15.7. The normalized spacial score (nSPS) is 22.4. The number of thiocarbonyl (C=S) groups is 1. The third kappa shape index (κ3) is 2.73. The zero-order valence-electron chi connectivity index (χ0n) is 10.7. The Bertz CT molecular complexity index is 539. The van der Waals surface area contributed by atoms with Crippen molar-refractivity contribution >= 4 is 28.9 Å². The highest BCUT2D eigenvalue weighted by Crippen LogP contribution is 2.28. The molecule has 1 aromatic rings. The number of ether oxygens (including phenoxy) is 1. The molecule has 0 radical (unpaired) electrons. The van der Waals surface area contributed by atoms with Crippen LogP contribution in [0.1, 0.15) is 18.5 Å². The van der Waals surface area contributed by atoms with Crippen molar-refractivity contribution < 1.29 is 9.53 Å². The number of primary amides is 1. The number of carbonyl (C=O) groups is 1. The summed E-state index contributed by atoms with van der Waals surface area (Å²) in [6, 6.07) is 7.15. The van der Waals surface area contributed by atoms with Crippen LogP contribution < -0.4 is 15.8 Å². The van der Waals surface area contributed by atoms with Gasteiger partial charge in [0.05, 0.1) is 13.2 Å². The molecular weight excluding hydrogens is 262 g/mol. The Morgan fingerprint density at radius 3 is 2.58 bits per heavy atom. The number of methoxy groups -OCH3 is 1. The summed E-state index contributed by atoms with van der Waals surface area (Å²) in [5.41, 5.74) is 7.01. The van der Waals surface area contributed by atoms with E-state index in [0.29, 0.717) is 10.8 Å². The molecule has 0 spiro atoms. The Kier molecular flexibility index (Phi) is 3.80. The molecule has 0 aromatic heterocycles. The summed E-state index contributed by atoms with van der Waals surface area (Å²) in [5, 5.41) is 3.41. The summed E-state index contributed by atoms with van der Waals surface area (Å²) in [5.74, 6) is -0.166. The Morgan fingerprint density at radius 1 is 1.42 bits per heavy atom. The van der Waals surface area contributed by atoms with Gasteiger partial charge in [-0.15, -0.1) is 0 Å². The van der Waals surface area contributed by atoms with Crippen LogP contribution in [0.5, 0.6) is 5.75 Å². The third-order valence-corrected chi connectivity index (χ3v) is 3.33. The fraction of sp³-hybridized carbons (Fsp3) is 0.308. The molecule has 0 saturated heterocycles. The van der Waals surface area contributed by atoms with Gasteiger partial charge in [0.2, 0.25) is 5.91 Å². The molecule has 3 N–H and O–H groups in total. The largest absolute Gasteiger partial charge is 0.497 e. The SMILES string of the molecule is COc1ccc(C2NC(=S)N=C(C)C2C(N)=O)cc1. The molecule has 2 atom stereocenters. The van der Waals surface area contributed by atoms with Crippen molar-refractivity contribution in [3.05, 3.63) is 29.8 Å². The molecule has 1 aromatic carbocycles. The molecule has 0 fully saturated rings. The molecule has 0 bridgehead atoms. The molecule has 1 amide bonds. The number of nitrogens with two attached hydrogens (primary N) is 1. The Labute approximate surface area is 116 Å². The second-order valence-corrected chi connectivity index (χ2v) is 4.72. The second-order valence-electron chi connectivity index (χ2n) is 4.33. The second kappa shape index (κ2) is 5.36. The summed E-state index contributed by atoms with van der Waals surface area (Å²) >= 11 is 5.07. The number of hydrogen-bond donors (Lipinski definition) is 2. The van der Waals surface area contributed by atoms with E-state index < -0.39 is 11.8 Å². The van der Waals surface area contributed by atoms with Crippen molar-refractivity contribution in [1.29, 1.82) is 0 Å². The van der Waals surface area contributed by atoms with E-state index in [9.17, 15) is 4.79 Å². The van der Waals surface area contributed by atoms with Gasteiger partial charge < -0.3 is 15.8 Å². The molecule has 1 aliphatic heterocycles. The van der Waals surface area contributed by atoms with Crippen LogP contribution in [-0.4, -0.2) is 23.8 Å². The van der Waals surface area contributed by atoms with E-state index in [1.807, 2.05) is 24.3 Å². The number of amides is 1. The summed E-state index contributed by atoms with van der Waals surface area (Å²) in [6.07, 6.45) is 0. The minimum Gasteiger partial charge on any atom is -0.497 e. The van der Waals surface area contributed by atoms with Gasteiger partial charge in [0.1, 0.15) is 11.7 Å². The van der Waals surface area contributed by atoms with Crippen LogP contribution in [0, 0.1) is 5.92 Å². The maximum absolute atomic E-state index is 11.6. The summed E-state index contributed by atoms with van der Waals surface area (Å²) in [7, 11) is 1.60. The zero-order chi connectivity index (χ0) is 14.0. The van der Waals surface area contributed by atoms with Crippen LogP contribution in [0.2, 0.25) is 0 Å². The predicted molar refractivity (Wildman–Crippen MR) is 77.3 cm³/mol. The lowest BCUT2D eigenvalue weighted by Crippen LogP contribution is -2.45. The zero-order valence-corrected chi connectivity index (χ0v) is 11.5. The Hall–Kier alpha value is -1.95. The van der Waals surface area contributed by atoms with E-state index >= 15 is 0 Å². The molecule has 0 saturated carbocycles. The standard InChI is InChI=1S/C13H15N3O2S/c1-7-10(12(14)17)11(16-13(19)15-7)8-3-5-9(18-2)6-4-8/h3-6,10-11H,1-2H3,(H2,14,17)(H,16,19). The molecular formula is C13H15N3O2S. The number of benzene rings is 1. The fourth-order valence-corrected chi connectivity index (χ4v) is 2.45. The molecule has 1 aliphatic rings. The maximum Gasteiger partial charge on any atom is 0.228 e. The van der Waals surface area contributed by atoms with Gasteiger partial charge in [-0.05, 0) is 36.8 Å². The van der Waals surface area contributed by atoms with Crippen molar-refractivity contribution in [2.45, 2.75) is 13.0 Å². The average Bonchev–Trinajstić information content (AvgIpc) is 2.37. The lowest BCUT2D eigenvalue weighted by atomic mass is 9.88. The van der Waals surface area contributed by atoms with Crippen LogP contribution in [0.4, 0.5) is 0 Å². The topological polar surface area (TPSA) is 76.7 Å². The smallest absolute Gasteiger partial charge is 0.228 e. The fourth-order valence-electron chi connectivity index (χ4n) is 2.18. The highest BCUT2D eigenvalue weighted by molar-refractivity contribution is 7.80. The van der Waals surface area contributed by atoms with E-state index in [1.165, 1.54) is 0 Å². The van der Waals surface area contributed by atoms with E-state index in [4.69, 9.17) is 22.7 Å². The minimum absolute atomic E-state index is 0.284. The number of nitrogens with one attached hydrogen (secondary N) is 1. The van der Waals surface area contributed by atoms with Gasteiger partial charge in [0, 0.05) is 5.71 Å². The van der Waals surface area contributed by atoms with Crippen LogP contribution >= 0.6 is 12.2 Å². The van der Waals surface area contributed by atoms with Crippen molar-refractivity contribution in [2.75, 3.05) is 7.11 Å². The molecule has 5 nitrogen and oxygen atoms in total. The highest BCUT2D eigenvalue weighted by Gasteiger charge is 2.34. The van der Waals surface area contributed by atoms with Crippen molar-refractivity contribution in [2.24, 2.45) is 16.6 Å². The molecule has 6 heteroatoms. The number of nitrogens with zero attached hydrogens (tertiary/aromatic N) is 1. The van der Waals surface area contributed by atoms with Crippen molar-refractivity contribution in [1.82, 2.24) is 5.32 Å². The maximum atomic E-state index is 11.6. The van der Waals surface area contributed by atoms with Crippen LogP contribution in [0.25, 0.3) is 0 Å². The van der Waals surface area contributed by atoms with Gasteiger partial charge in [-0.1, -0.05) is 12.1 Å². The van der Waals surface area contributed by atoms with Crippen molar-refractivity contribution in [3.63, 3.8) is 0 Å². The van der Waals surface area contributed by atoms with Gasteiger partial charge in [0.15, 0.2) is 5.11 Å². The number of carbonyl (C=O) groups excluding carboxylic acids is 1. The molecule has 100 valence electrons. The first-order chi connectivity index (χ1) is 9.02. The van der Waals surface area contributed by atoms with Gasteiger partial charge >= 0.3 is 0 Å². The Morgan fingerprint density at radius 2 is 2.05 bits per heavy atom. The summed E-state index contributed by atoms with van der Waals surface area (Å²) in [6.45, 7) is 1.76. The van der Waals surface area contributed by atoms with E-state index in [-0.39, 0.29) is 6.04 Å². The molecule has 1 heterocycles. The molecule has 2 rings (SSSR count). The lowest BCUT2D eigenvalue weighted by molar-refractivity contribution is -0.120. The van der Waals surface area contributed by atoms with E-state index in [1.54, 1.807) is 14.0 Å². The Balaban J connectivity index is 2.37. The minimum atomic E-state index is -0.500. The third-order valence-electron chi connectivity index (χ3n) is 3.12. The first-order valence-corrected chi connectivity index (χ1v) is 6.22. The van der Waals surface area contributed by atoms with E-state index in [0.717, 1.165) is 11.3 Å². The van der Waals surface area contributed by atoms with Crippen molar-refractivity contribution in [3.8, 4) is 5.75 Å².